The number of ether oxygens (including phenoxy) is 1. The minimum absolute atomic E-state index is 0.00482. The number of hydrogen-bond donors (Lipinski definition) is 1. The van der Waals surface area contributed by atoms with Gasteiger partial charge < -0.3 is 14.5 Å². The van der Waals surface area contributed by atoms with Gasteiger partial charge >= 0.3 is 6.03 Å². The molecule has 0 spiro atoms. The van der Waals surface area contributed by atoms with E-state index >= 15 is 0 Å². The second-order valence-electron chi connectivity index (χ2n) is 7.25. The first-order chi connectivity index (χ1) is 15.3. The van der Waals surface area contributed by atoms with E-state index in [1.54, 1.807) is 4.90 Å². The van der Waals surface area contributed by atoms with Crippen LogP contribution in [0.2, 0.25) is 0 Å². The smallest absolute Gasteiger partial charge is 0.323 e. The van der Waals surface area contributed by atoms with Crippen molar-refractivity contribution >= 4 is 28.6 Å². The quantitative estimate of drug-likeness (QED) is 0.486. The lowest BCUT2D eigenvalue weighted by molar-refractivity contribution is 0.208. The first kappa shape index (κ1) is 21.6. The van der Waals surface area contributed by atoms with Crippen molar-refractivity contribution < 1.29 is 27.1 Å². The fourth-order valence-corrected chi connectivity index (χ4v) is 3.57. The summed E-state index contributed by atoms with van der Waals surface area (Å²) < 4.78 is 59.7. The van der Waals surface area contributed by atoms with Crippen LogP contribution >= 0.6 is 0 Å². The van der Waals surface area contributed by atoms with Crippen molar-refractivity contribution in [2.75, 3.05) is 43.5 Å². The average Bonchev–Trinajstić information content (AvgIpc) is 2.79. The lowest BCUT2D eigenvalue weighted by Gasteiger charge is -2.36. The second-order valence-corrected chi connectivity index (χ2v) is 7.25. The number of nitrogens with one attached hydrogen (secondary N) is 1. The summed E-state index contributed by atoms with van der Waals surface area (Å²) in [4.78, 5) is 24.4. The molecule has 1 saturated heterocycles. The number of halogens is 4. The number of fused-ring (bicyclic) bond motifs is 1. The zero-order valence-corrected chi connectivity index (χ0v) is 17.3. The number of hydrogen-bond acceptors (Lipinski definition) is 5. The van der Waals surface area contributed by atoms with E-state index in [4.69, 9.17) is 4.74 Å². The van der Waals surface area contributed by atoms with Crippen molar-refractivity contribution in [2.24, 2.45) is 0 Å². The van der Waals surface area contributed by atoms with Gasteiger partial charge in [-0.1, -0.05) is 0 Å². The Kier molecular flexibility index (Phi) is 5.72. The Morgan fingerprint density at radius 1 is 1.00 bits per heavy atom. The van der Waals surface area contributed by atoms with E-state index in [-0.39, 0.29) is 54.6 Å². The Morgan fingerprint density at radius 2 is 1.72 bits per heavy atom. The van der Waals surface area contributed by atoms with Crippen LogP contribution in [0.1, 0.15) is 5.56 Å². The second kappa shape index (κ2) is 8.48. The van der Waals surface area contributed by atoms with Crippen molar-refractivity contribution in [3.05, 3.63) is 53.1 Å². The first-order valence-electron chi connectivity index (χ1n) is 9.74. The molecule has 0 atom stereocenters. The number of piperazine rings is 1. The van der Waals surface area contributed by atoms with E-state index < -0.39 is 29.3 Å². The summed E-state index contributed by atoms with van der Waals surface area (Å²) in [5, 5.41) is 2.61. The molecule has 168 valence electrons. The largest absolute Gasteiger partial charge is 0.478 e. The third-order valence-corrected chi connectivity index (χ3v) is 5.30. The number of anilines is 2. The number of carbonyl (C=O) groups excluding carboxylic acids is 1. The van der Waals surface area contributed by atoms with E-state index in [2.05, 4.69) is 15.3 Å². The molecule has 2 aromatic carbocycles. The molecule has 0 radical (unpaired) electrons. The highest BCUT2D eigenvalue weighted by Crippen LogP contribution is 2.28. The minimum atomic E-state index is -1.51. The van der Waals surface area contributed by atoms with Crippen LogP contribution in [0.25, 0.3) is 11.0 Å². The van der Waals surface area contributed by atoms with E-state index in [0.29, 0.717) is 5.52 Å². The summed E-state index contributed by atoms with van der Waals surface area (Å²) >= 11 is 0. The molecule has 4 rings (SSSR count). The number of rotatable bonds is 3. The Hall–Kier alpha value is -3.63. The summed E-state index contributed by atoms with van der Waals surface area (Å²) in [6.07, 6.45) is 0. The molecular weight excluding hydrogens is 430 g/mol. The molecule has 32 heavy (non-hydrogen) atoms. The van der Waals surface area contributed by atoms with Gasteiger partial charge in [-0.25, -0.2) is 32.3 Å². The molecule has 2 amide bonds. The maximum absolute atomic E-state index is 13.9. The zero-order valence-electron chi connectivity index (χ0n) is 17.3. The van der Waals surface area contributed by atoms with Crippen LogP contribution in [0.5, 0.6) is 5.88 Å². The average molecular weight is 449 g/mol. The highest BCUT2D eigenvalue weighted by atomic mass is 19.2. The van der Waals surface area contributed by atoms with Crippen LogP contribution in [0, 0.1) is 30.2 Å². The van der Waals surface area contributed by atoms with Gasteiger partial charge in [0.1, 0.15) is 5.82 Å². The van der Waals surface area contributed by atoms with Gasteiger partial charge in [-0.2, -0.15) is 0 Å². The van der Waals surface area contributed by atoms with Crippen molar-refractivity contribution in [1.82, 2.24) is 14.9 Å². The number of amides is 2. The first-order valence-corrected chi connectivity index (χ1v) is 9.74. The maximum atomic E-state index is 13.9. The topological polar surface area (TPSA) is 70.6 Å². The number of carbonyl (C=O) groups is 1. The lowest BCUT2D eigenvalue weighted by Crippen LogP contribution is -2.50. The SMILES string of the molecule is COc1nc2ccc(F)cc2nc1NC(=O)N1CCN(c2cc(F)c(F)c(F)c2C)CC1. The molecule has 1 fully saturated rings. The van der Waals surface area contributed by atoms with E-state index in [0.717, 1.165) is 6.07 Å². The molecule has 1 aliphatic rings. The molecule has 11 heteroatoms. The minimum Gasteiger partial charge on any atom is -0.478 e. The number of urea groups is 1. The van der Waals surface area contributed by atoms with E-state index in [9.17, 15) is 22.4 Å². The fraction of sp³-hybridized carbons (Fsp3) is 0.286. The predicted molar refractivity (Wildman–Crippen MR) is 110 cm³/mol. The van der Waals surface area contributed by atoms with E-state index in [1.165, 1.54) is 37.1 Å². The zero-order chi connectivity index (χ0) is 23.0. The van der Waals surface area contributed by atoms with Gasteiger partial charge in [-0.15, -0.1) is 0 Å². The van der Waals surface area contributed by atoms with Crippen molar-refractivity contribution in [1.29, 1.82) is 0 Å². The molecule has 0 saturated carbocycles. The van der Waals surface area contributed by atoms with Crippen LogP contribution in [0.15, 0.2) is 24.3 Å². The van der Waals surface area contributed by atoms with Gasteiger partial charge in [-0.05, 0) is 19.1 Å². The molecule has 1 N–H and O–H groups in total. The maximum Gasteiger partial charge on any atom is 0.323 e. The Bertz CT molecular complexity index is 1200. The Balaban J connectivity index is 1.48. The summed E-state index contributed by atoms with van der Waals surface area (Å²) in [5.74, 6) is -4.37. The van der Waals surface area contributed by atoms with Crippen molar-refractivity contribution in [2.45, 2.75) is 6.92 Å². The highest BCUT2D eigenvalue weighted by Gasteiger charge is 2.26. The molecular formula is C21H19F4N5O2. The number of methoxy groups -OCH3 is 1. The number of aromatic nitrogens is 2. The van der Waals surface area contributed by atoms with Gasteiger partial charge in [0.25, 0.3) is 5.88 Å². The molecule has 1 aliphatic heterocycles. The van der Waals surface area contributed by atoms with Crippen LogP contribution in [-0.2, 0) is 0 Å². The third kappa shape index (κ3) is 3.97. The van der Waals surface area contributed by atoms with Gasteiger partial charge in [0.15, 0.2) is 23.3 Å². The van der Waals surface area contributed by atoms with E-state index in [1.807, 2.05) is 0 Å². The van der Waals surface area contributed by atoms with Crippen LogP contribution in [0.4, 0.5) is 33.9 Å². The predicted octanol–water partition coefficient (Wildman–Crippen LogP) is 3.86. The molecule has 2 heterocycles. The molecule has 0 bridgehead atoms. The summed E-state index contributed by atoms with van der Waals surface area (Å²) in [6, 6.07) is 4.36. The summed E-state index contributed by atoms with van der Waals surface area (Å²) in [6.45, 7) is 2.42. The van der Waals surface area contributed by atoms with Crippen LogP contribution in [0.3, 0.4) is 0 Å². The van der Waals surface area contributed by atoms with Gasteiger partial charge in [-0.3, -0.25) is 5.32 Å². The van der Waals surface area contributed by atoms with Crippen LogP contribution in [-0.4, -0.2) is 54.2 Å². The molecule has 0 unspecified atom stereocenters. The third-order valence-electron chi connectivity index (χ3n) is 5.30. The van der Waals surface area contributed by atoms with Crippen LogP contribution < -0.4 is 15.0 Å². The Labute approximate surface area is 180 Å². The van der Waals surface area contributed by atoms with Gasteiger partial charge in [0.2, 0.25) is 0 Å². The normalized spacial score (nSPS) is 14.1. The molecule has 0 aliphatic carbocycles. The number of nitrogens with zero attached hydrogens (tertiary/aromatic N) is 4. The molecule has 1 aromatic heterocycles. The standard InChI is InChI=1S/C21H19F4N5O2/c1-11-16(10-13(23)18(25)17(11)24)29-5-7-30(8-6-29)21(31)28-19-20(32-2)27-14-4-3-12(22)9-15(14)26-19/h3-4,9-10H,5-8H2,1-2H3,(H,26,28,31). The summed E-state index contributed by atoms with van der Waals surface area (Å²) in [5.41, 5.74) is 0.904. The Morgan fingerprint density at radius 3 is 2.41 bits per heavy atom. The monoisotopic (exact) mass is 449 g/mol. The van der Waals surface area contributed by atoms with Crippen molar-refractivity contribution in [3.63, 3.8) is 0 Å². The lowest BCUT2D eigenvalue weighted by atomic mass is 10.1. The van der Waals surface area contributed by atoms with Crippen molar-refractivity contribution in [3.8, 4) is 5.88 Å². The van der Waals surface area contributed by atoms with Gasteiger partial charge in [0, 0.05) is 49.6 Å². The molecule has 3 aromatic rings. The van der Waals surface area contributed by atoms with Gasteiger partial charge in [0.05, 0.1) is 18.1 Å². The number of benzene rings is 2. The highest BCUT2D eigenvalue weighted by molar-refractivity contribution is 5.91. The molecule has 7 nitrogen and oxygen atoms in total. The fourth-order valence-electron chi connectivity index (χ4n) is 3.57. The summed E-state index contributed by atoms with van der Waals surface area (Å²) in [7, 11) is 1.37.